The van der Waals surface area contributed by atoms with Gasteiger partial charge < -0.3 is 14.8 Å². The third-order valence-corrected chi connectivity index (χ3v) is 7.42. The Labute approximate surface area is 167 Å². The highest BCUT2D eigenvalue weighted by Gasteiger charge is 2.33. The van der Waals surface area contributed by atoms with Gasteiger partial charge in [-0.2, -0.15) is 11.8 Å². The Hall–Kier alpha value is -1.46. The lowest BCUT2D eigenvalue weighted by atomic mass is 9.68. The van der Waals surface area contributed by atoms with E-state index in [0.29, 0.717) is 17.6 Å². The summed E-state index contributed by atoms with van der Waals surface area (Å²) in [6.07, 6.45) is 23.0. The zero-order valence-corrected chi connectivity index (χ0v) is 16.5. The molecule has 0 spiro atoms. The summed E-state index contributed by atoms with van der Waals surface area (Å²) < 4.78 is 0. The largest absolute Gasteiger partial charge is 0.389 e. The first kappa shape index (κ1) is 18.9. The zero-order valence-electron chi connectivity index (χ0n) is 15.7. The van der Waals surface area contributed by atoms with Gasteiger partial charge in [0.1, 0.15) is 13.6 Å². The second-order valence-electron chi connectivity index (χ2n) is 7.73. The molecule has 0 saturated carbocycles. The van der Waals surface area contributed by atoms with Crippen LogP contribution in [0.2, 0.25) is 6.32 Å². The van der Waals surface area contributed by atoms with Crippen molar-refractivity contribution in [3.05, 3.63) is 59.6 Å². The fourth-order valence-electron chi connectivity index (χ4n) is 4.44. The minimum Gasteiger partial charge on any atom is -0.389 e. The fourth-order valence-corrected chi connectivity index (χ4v) is 5.83. The predicted octanol–water partition coefficient (Wildman–Crippen LogP) is 4.17. The van der Waals surface area contributed by atoms with E-state index in [2.05, 4.69) is 48.6 Å². The summed E-state index contributed by atoms with van der Waals surface area (Å²) in [5.41, 5.74) is 3.78. The summed E-state index contributed by atoms with van der Waals surface area (Å²) in [6.45, 7) is 0. The van der Waals surface area contributed by atoms with E-state index in [1.807, 2.05) is 17.8 Å². The molecule has 1 N–H and O–H groups in total. The average Bonchev–Trinajstić information content (AvgIpc) is 3.19. The molecule has 0 aromatic heterocycles. The van der Waals surface area contributed by atoms with Crippen molar-refractivity contribution < 1.29 is 9.90 Å². The van der Waals surface area contributed by atoms with Crippen LogP contribution in [0.1, 0.15) is 38.5 Å². The fraction of sp³-hybridized carbons (Fsp3) is 0.500. The summed E-state index contributed by atoms with van der Waals surface area (Å²) in [6, 6.07) is 0. The number of allylic oxidation sites excluding steroid dienone is 7. The van der Waals surface area contributed by atoms with Crippen LogP contribution in [0, 0.1) is 5.92 Å². The molecular weight excluding hydrogens is 353 g/mol. The van der Waals surface area contributed by atoms with Gasteiger partial charge in [-0.25, -0.2) is 0 Å². The number of aliphatic hydroxyl groups is 1. The van der Waals surface area contributed by atoms with E-state index in [-0.39, 0.29) is 5.15 Å². The molecule has 0 amide bonds. The SMILES string of the molecule is O=C[C@H]1[B]CC(C2CC=C(N(C3=C[C@H](O)CC=C3)C3=CC=CCC3)CC2)S1. The van der Waals surface area contributed by atoms with E-state index < -0.39 is 6.10 Å². The molecule has 1 saturated heterocycles. The molecule has 5 heteroatoms. The Morgan fingerprint density at radius 1 is 1.22 bits per heavy atom. The Balaban J connectivity index is 1.52. The van der Waals surface area contributed by atoms with Gasteiger partial charge in [-0.15, -0.1) is 0 Å². The number of rotatable bonds is 5. The van der Waals surface area contributed by atoms with Crippen molar-refractivity contribution >= 4 is 25.3 Å². The highest BCUT2D eigenvalue weighted by atomic mass is 32.2. The maximum atomic E-state index is 11.0. The first-order valence-electron chi connectivity index (χ1n) is 10.1. The number of hydrogen-bond donors (Lipinski definition) is 1. The monoisotopic (exact) mass is 380 g/mol. The summed E-state index contributed by atoms with van der Waals surface area (Å²) in [5, 5.41) is 10.8. The average molecular weight is 380 g/mol. The number of hydrogen-bond acceptors (Lipinski definition) is 4. The molecule has 0 bridgehead atoms. The van der Waals surface area contributed by atoms with Gasteiger partial charge in [0, 0.05) is 27.5 Å². The maximum absolute atomic E-state index is 11.0. The van der Waals surface area contributed by atoms with Crippen LogP contribution in [-0.2, 0) is 4.79 Å². The lowest BCUT2D eigenvalue weighted by Crippen LogP contribution is -2.27. The van der Waals surface area contributed by atoms with Gasteiger partial charge in [0.05, 0.1) is 6.10 Å². The van der Waals surface area contributed by atoms with Gasteiger partial charge in [-0.05, 0) is 62.7 Å². The molecule has 4 atom stereocenters. The number of nitrogens with zero attached hydrogens (tertiary/aromatic N) is 1. The van der Waals surface area contributed by atoms with Crippen LogP contribution in [-0.4, -0.2) is 40.1 Å². The van der Waals surface area contributed by atoms with Gasteiger partial charge >= 0.3 is 0 Å². The molecule has 0 aromatic rings. The van der Waals surface area contributed by atoms with E-state index in [0.717, 1.165) is 44.0 Å². The molecule has 27 heavy (non-hydrogen) atoms. The number of aliphatic hydroxyl groups excluding tert-OH is 1. The minimum atomic E-state index is -0.394. The van der Waals surface area contributed by atoms with Crippen molar-refractivity contribution in [3.8, 4) is 0 Å². The van der Waals surface area contributed by atoms with Crippen LogP contribution in [0.4, 0.5) is 0 Å². The van der Waals surface area contributed by atoms with Gasteiger partial charge in [-0.3, -0.25) is 0 Å². The standard InChI is InChI=1S/C22H27BNO2S/c25-15-22-23-14-21(27-22)16-9-11-18(12-10-16)24(17-5-2-1-3-6-17)19-7-4-8-20(26)13-19/h1-2,4-5,7,11,13,15-16,20-22,26H,3,6,8-10,12,14H2/t16?,20-,21?,22+/m1/s1. The molecular formula is C22H27BNO2S. The Bertz CT molecular complexity index is 724. The predicted molar refractivity (Wildman–Crippen MR) is 113 cm³/mol. The van der Waals surface area contributed by atoms with Gasteiger partial charge in [-0.1, -0.05) is 30.6 Å². The smallest absolute Gasteiger partial charge is 0.138 e. The van der Waals surface area contributed by atoms with Crippen molar-refractivity contribution in [1.29, 1.82) is 0 Å². The molecule has 1 fully saturated rings. The Kier molecular flexibility index (Phi) is 6.09. The molecule has 141 valence electrons. The topological polar surface area (TPSA) is 40.5 Å². The van der Waals surface area contributed by atoms with Crippen molar-refractivity contribution in [2.45, 2.75) is 61.3 Å². The number of aldehydes is 1. The lowest BCUT2D eigenvalue weighted by molar-refractivity contribution is -0.106. The first-order chi connectivity index (χ1) is 13.2. The Morgan fingerprint density at radius 2 is 2.15 bits per heavy atom. The minimum absolute atomic E-state index is 0.0927. The third kappa shape index (κ3) is 4.35. The number of carbonyl (C=O) groups is 1. The van der Waals surface area contributed by atoms with Crippen LogP contribution in [0.25, 0.3) is 0 Å². The van der Waals surface area contributed by atoms with Crippen LogP contribution in [0.15, 0.2) is 59.6 Å². The molecule has 1 heterocycles. The highest BCUT2D eigenvalue weighted by molar-refractivity contribution is 8.03. The van der Waals surface area contributed by atoms with Crippen molar-refractivity contribution in [2.24, 2.45) is 5.92 Å². The van der Waals surface area contributed by atoms with E-state index in [9.17, 15) is 9.90 Å². The van der Waals surface area contributed by atoms with E-state index in [1.54, 1.807) is 0 Å². The van der Waals surface area contributed by atoms with Crippen LogP contribution in [0.5, 0.6) is 0 Å². The molecule has 4 rings (SSSR count). The molecule has 4 aliphatic rings. The summed E-state index contributed by atoms with van der Waals surface area (Å²) >= 11 is 1.84. The summed E-state index contributed by atoms with van der Waals surface area (Å²) in [7, 11) is 2.17. The van der Waals surface area contributed by atoms with Crippen molar-refractivity contribution in [3.63, 3.8) is 0 Å². The second-order valence-corrected chi connectivity index (χ2v) is 9.16. The molecule has 3 nitrogen and oxygen atoms in total. The summed E-state index contributed by atoms with van der Waals surface area (Å²) in [4.78, 5) is 13.4. The van der Waals surface area contributed by atoms with E-state index in [4.69, 9.17) is 0 Å². The molecule has 1 aliphatic heterocycles. The quantitative estimate of drug-likeness (QED) is 0.574. The summed E-state index contributed by atoms with van der Waals surface area (Å²) in [5.74, 6) is 0.656. The van der Waals surface area contributed by atoms with Crippen molar-refractivity contribution in [1.82, 2.24) is 4.90 Å². The molecule has 0 aromatic carbocycles. The zero-order chi connectivity index (χ0) is 18.6. The number of carbonyl (C=O) groups excluding carboxylic acids is 1. The Morgan fingerprint density at radius 3 is 2.81 bits per heavy atom. The molecule has 2 unspecified atom stereocenters. The van der Waals surface area contributed by atoms with Crippen LogP contribution >= 0.6 is 11.8 Å². The van der Waals surface area contributed by atoms with Gasteiger partial charge in [0.25, 0.3) is 0 Å². The normalized spacial score (nSPS) is 33.0. The third-order valence-electron chi connectivity index (χ3n) is 5.87. The second kappa shape index (κ2) is 8.70. The molecule has 1 radical (unpaired) electrons. The van der Waals surface area contributed by atoms with Crippen LogP contribution in [0.3, 0.4) is 0 Å². The van der Waals surface area contributed by atoms with E-state index >= 15 is 0 Å². The first-order valence-corrected chi connectivity index (χ1v) is 11.0. The van der Waals surface area contributed by atoms with Crippen molar-refractivity contribution in [2.75, 3.05) is 0 Å². The van der Waals surface area contributed by atoms with Crippen LogP contribution < -0.4 is 0 Å². The lowest BCUT2D eigenvalue weighted by Gasteiger charge is -2.37. The van der Waals surface area contributed by atoms with Gasteiger partial charge in [0.15, 0.2) is 0 Å². The highest BCUT2D eigenvalue weighted by Crippen LogP contribution is 2.41. The van der Waals surface area contributed by atoms with Gasteiger partial charge in [0.2, 0.25) is 0 Å². The molecule has 3 aliphatic carbocycles. The van der Waals surface area contributed by atoms with E-state index in [1.165, 1.54) is 17.8 Å². The number of thioether (sulfide) groups is 1. The maximum Gasteiger partial charge on any atom is 0.138 e.